The molecule has 0 spiro atoms. The summed E-state index contributed by atoms with van der Waals surface area (Å²) in [6, 6.07) is -0.556. The first-order chi connectivity index (χ1) is 6.28. The fourth-order valence-corrected chi connectivity index (χ4v) is 1.40. The van der Waals surface area contributed by atoms with Crippen molar-refractivity contribution in [3.05, 3.63) is 0 Å². The summed E-state index contributed by atoms with van der Waals surface area (Å²) in [5, 5.41) is 8.95. The molecule has 84 valence electrons. The first kappa shape index (κ1) is 13.4. The van der Waals surface area contributed by atoms with Crippen LogP contribution in [0.1, 0.15) is 20.8 Å². The maximum absolute atomic E-state index is 10.9. The van der Waals surface area contributed by atoms with E-state index in [4.69, 9.17) is 9.84 Å². The Kier molecular flexibility index (Phi) is 5.08. The van der Waals surface area contributed by atoms with E-state index < -0.39 is 12.0 Å². The van der Waals surface area contributed by atoms with Gasteiger partial charge in [0.25, 0.3) is 0 Å². The van der Waals surface area contributed by atoms with E-state index in [1.807, 2.05) is 11.9 Å². The summed E-state index contributed by atoms with van der Waals surface area (Å²) >= 11 is 0. The Morgan fingerprint density at radius 3 is 2.29 bits per heavy atom. The lowest BCUT2D eigenvalue weighted by Gasteiger charge is -2.30. The molecule has 1 unspecified atom stereocenters. The van der Waals surface area contributed by atoms with Crippen LogP contribution in [0.4, 0.5) is 0 Å². The molecule has 4 nitrogen and oxygen atoms in total. The highest BCUT2D eigenvalue weighted by atomic mass is 16.5. The highest BCUT2D eigenvalue weighted by Gasteiger charge is 2.25. The Hall–Kier alpha value is -0.610. The highest BCUT2D eigenvalue weighted by molar-refractivity contribution is 5.73. The largest absolute Gasteiger partial charge is 0.480 e. The van der Waals surface area contributed by atoms with Crippen molar-refractivity contribution >= 4 is 5.97 Å². The molecule has 0 heterocycles. The third-order valence-corrected chi connectivity index (χ3v) is 1.87. The summed E-state index contributed by atoms with van der Waals surface area (Å²) in [6.07, 6.45) is 0. The van der Waals surface area contributed by atoms with Crippen LogP contribution in [-0.4, -0.2) is 49.3 Å². The van der Waals surface area contributed by atoms with Crippen LogP contribution in [0.5, 0.6) is 0 Å². The zero-order chi connectivity index (χ0) is 11.4. The van der Waals surface area contributed by atoms with Crippen LogP contribution in [0.3, 0.4) is 0 Å². The minimum Gasteiger partial charge on any atom is -0.480 e. The topological polar surface area (TPSA) is 49.8 Å². The number of likely N-dealkylation sites (N-methyl/N-ethyl adjacent to an activating group) is 1. The number of nitrogens with zero attached hydrogens (tertiary/aromatic N) is 1. The van der Waals surface area contributed by atoms with Gasteiger partial charge in [0.15, 0.2) is 0 Å². The Balaban J connectivity index is 4.29. The Labute approximate surface area is 85.9 Å². The zero-order valence-corrected chi connectivity index (χ0v) is 9.70. The van der Waals surface area contributed by atoms with Crippen LogP contribution in [0.25, 0.3) is 0 Å². The maximum atomic E-state index is 10.9. The summed E-state index contributed by atoms with van der Waals surface area (Å²) in [5.74, 6) is -0.835. The van der Waals surface area contributed by atoms with E-state index in [2.05, 4.69) is 20.8 Å². The molecule has 0 saturated heterocycles. The average molecular weight is 203 g/mol. The monoisotopic (exact) mass is 203 g/mol. The highest BCUT2D eigenvalue weighted by Crippen LogP contribution is 2.15. The normalized spacial score (nSPS) is 14.4. The molecule has 0 rings (SSSR count). The van der Waals surface area contributed by atoms with Crippen molar-refractivity contribution in [3.8, 4) is 0 Å². The van der Waals surface area contributed by atoms with E-state index in [0.29, 0.717) is 0 Å². The van der Waals surface area contributed by atoms with Gasteiger partial charge in [-0.1, -0.05) is 20.8 Å². The van der Waals surface area contributed by atoms with E-state index in [9.17, 15) is 4.79 Å². The first-order valence-corrected chi connectivity index (χ1v) is 4.70. The summed E-state index contributed by atoms with van der Waals surface area (Å²) in [6.45, 7) is 7.19. The standard InChI is InChI=1S/C10H21NO3/c1-10(2,3)7-11(4)8(6-14-5)9(12)13/h8H,6-7H2,1-5H3,(H,12,13). The van der Waals surface area contributed by atoms with E-state index >= 15 is 0 Å². The van der Waals surface area contributed by atoms with Gasteiger partial charge >= 0.3 is 5.97 Å². The molecule has 0 aliphatic carbocycles. The molecule has 0 bridgehead atoms. The predicted octanol–water partition coefficient (Wildman–Crippen LogP) is 1.06. The summed E-state index contributed by atoms with van der Waals surface area (Å²) in [5.41, 5.74) is 0.0934. The van der Waals surface area contributed by atoms with Gasteiger partial charge in [-0.15, -0.1) is 0 Å². The Bertz CT molecular complexity index is 186. The van der Waals surface area contributed by atoms with Gasteiger partial charge in [-0.25, -0.2) is 0 Å². The number of carbonyl (C=O) groups is 1. The van der Waals surface area contributed by atoms with Gasteiger partial charge in [0.1, 0.15) is 6.04 Å². The quantitative estimate of drug-likeness (QED) is 0.726. The molecule has 0 aromatic carbocycles. The van der Waals surface area contributed by atoms with Crippen LogP contribution < -0.4 is 0 Å². The number of rotatable bonds is 5. The minimum absolute atomic E-state index is 0.0934. The molecular formula is C10H21NO3. The van der Waals surface area contributed by atoms with Crippen molar-refractivity contribution in [1.29, 1.82) is 0 Å². The molecular weight excluding hydrogens is 182 g/mol. The van der Waals surface area contributed by atoms with Crippen molar-refractivity contribution in [1.82, 2.24) is 4.90 Å². The molecule has 0 aromatic heterocycles. The van der Waals surface area contributed by atoms with Gasteiger partial charge in [-0.2, -0.15) is 0 Å². The van der Waals surface area contributed by atoms with Crippen LogP contribution in [0.2, 0.25) is 0 Å². The second-order valence-electron chi connectivity index (χ2n) is 4.79. The number of methoxy groups -OCH3 is 1. The lowest BCUT2D eigenvalue weighted by molar-refractivity contribution is -0.145. The number of hydrogen-bond donors (Lipinski definition) is 1. The lowest BCUT2D eigenvalue weighted by atomic mass is 9.95. The summed E-state index contributed by atoms with van der Waals surface area (Å²) < 4.78 is 4.88. The van der Waals surface area contributed by atoms with Gasteiger partial charge in [-0.05, 0) is 12.5 Å². The third kappa shape index (κ3) is 5.19. The van der Waals surface area contributed by atoms with Crippen molar-refractivity contribution in [3.63, 3.8) is 0 Å². The zero-order valence-electron chi connectivity index (χ0n) is 9.70. The molecule has 0 radical (unpaired) electrons. The van der Waals surface area contributed by atoms with Crippen molar-refractivity contribution in [2.75, 3.05) is 27.3 Å². The van der Waals surface area contributed by atoms with Crippen molar-refractivity contribution < 1.29 is 14.6 Å². The summed E-state index contributed by atoms with van der Waals surface area (Å²) in [7, 11) is 3.32. The molecule has 0 amide bonds. The number of aliphatic carboxylic acids is 1. The lowest BCUT2D eigenvalue weighted by Crippen LogP contribution is -2.45. The van der Waals surface area contributed by atoms with Gasteiger partial charge in [0.2, 0.25) is 0 Å². The van der Waals surface area contributed by atoms with Crippen LogP contribution >= 0.6 is 0 Å². The first-order valence-electron chi connectivity index (χ1n) is 4.70. The van der Waals surface area contributed by atoms with E-state index in [1.54, 1.807) is 0 Å². The van der Waals surface area contributed by atoms with Crippen LogP contribution in [-0.2, 0) is 9.53 Å². The van der Waals surface area contributed by atoms with Gasteiger partial charge < -0.3 is 9.84 Å². The van der Waals surface area contributed by atoms with Crippen molar-refractivity contribution in [2.45, 2.75) is 26.8 Å². The van der Waals surface area contributed by atoms with Crippen LogP contribution in [0.15, 0.2) is 0 Å². The predicted molar refractivity (Wildman–Crippen MR) is 55.4 cm³/mol. The second-order valence-corrected chi connectivity index (χ2v) is 4.79. The molecule has 0 saturated carbocycles. The third-order valence-electron chi connectivity index (χ3n) is 1.87. The summed E-state index contributed by atoms with van der Waals surface area (Å²) in [4.78, 5) is 12.7. The Morgan fingerprint density at radius 1 is 1.50 bits per heavy atom. The fraction of sp³-hybridized carbons (Fsp3) is 0.900. The molecule has 0 fully saturated rings. The fourth-order valence-electron chi connectivity index (χ4n) is 1.40. The minimum atomic E-state index is -0.835. The molecule has 4 heteroatoms. The molecule has 0 aromatic rings. The van der Waals surface area contributed by atoms with Gasteiger partial charge in [0.05, 0.1) is 6.61 Å². The second kappa shape index (κ2) is 5.32. The molecule has 14 heavy (non-hydrogen) atoms. The van der Waals surface area contributed by atoms with Crippen LogP contribution in [0, 0.1) is 5.41 Å². The number of carboxylic acids is 1. The molecule has 1 atom stereocenters. The smallest absolute Gasteiger partial charge is 0.323 e. The number of ether oxygens (including phenoxy) is 1. The van der Waals surface area contributed by atoms with Crippen molar-refractivity contribution in [2.24, 2.45) is 5.41 Å². The maximum Gasteiger partial charge on any atom is 0.323 e. The van der Waals surface area contributed by atoms with E-state index in [-0.39, 0.29) is 12.0 Å². The Morgan fingerprint density at radius 2 is 2.00 bits per heavy atom. The number of hydrogen-bond acceptors (Lipinski definition) is 3. The van der Waals surface area contributed by atoms with E-state index in [1.165, 1.54) is 7.11 Å². The number of carboxylic acid groups (broad SMARTS) is 1. The average Bonchev–Trinajstić information content (AvgIpc) is 1.95. The SMILES string of the molecule is COCC(C(=O)O)N(C)CC(C)(C)C. The molecule has 1 N–H and O–H groups in total. The van der Waals surface area contributed by atoms with Gasteiger partial charge in [-0.3, -0.25) is 9.69 Å². The van der Waals surface area contributed by atoms with Gasteiger partial charge in [0, 0.05) is 13.7 Å². The molecule has 0 aliphatic rings. The molecule has 0 aliphatic heterocycles. The van der Waals surface area contributed by atoms with E-state index in [0.717, 1.165) is 6.54 Å².